The largest absolute Gasteiger partial charge is 0.497 e. The summed E-state index contributed by atoms with van der Waals surface area (Å²) < 4.78 is 10.3. The molecule has 0 heterocycles. The van der Waals surface area contributed by atoms with Gasteiger partial charge in [-0.1, -0.05) is 13.8 Å². The van der Waals surface area contributed by atoms with E-state index in [0.717, 1.165) is 0 Å². The van der Waals surface area contributed by atoms with Crippen LogP contribution in [0, 0.1) is 5.92 Å². The van der Waals surface area contributed by atoms with Crippen molar-refractivity contribution in [2.75, 3.05) is 20.0 Å². The molecule has 0 fully saturated rings. The van der Waals surface area contributed by atoms with Gasteiger partial charge in [-0.15, -0.1) is 0 Å². The molecule has 1 aromatic carbocycles. The maximum absolute atomic E-state index is 12.2. The van der Waals surface area contributed by atoms with E-state index in [2.05, 4.69) is 5.32 Å². The quantitative estimate of drug-likeness (QED) is 0.800. The average molecular weight is 266 g/mol. The molecule has 1 unspecified atom stereocenters. The number of nitrogens with one attached hydrogen (secondary N) is 1. The lowest BCUT2D eigenvalue weighted by atomic mass is 10.1. The van der Waals surface area contributed by atoms with Gasteiger partial charge in [0.05, 0.1) is 25.5 Å². The lowest BCUT2D eigenvalue weighted by Crippen LogP contribution is -2.36. The lowest BCUT2D eigenvalue weighted by molar-refractivity contribution is 0.0931. The predicted octanol–water partition coefficient (Wildman–Crippen LogP) is 2.06. The van der Waals surface area contributed by atoms with Crippen LogP contribution in [-0.2, 0) is 0 Å². The van der Waals surface area contributed by atoms with Crippen molar-refractivity contribution in [1.82, 2.24) is 5.32 Å². The molecular weight excluding hydrogens is 244 g/mol. The summed E-state index contributed by atoms with van der Waals surface area (Å²) in [6.07, 6.45) is 0. The van der Waals surface area contributed by atoms with Crippen molar-refractivity contribution in [1.29, 1.82) is 0 Å². The summed E-state index contributed by atoms with van der Waals surface area (Å²) >= 11 is 0. The second-order valence-electron chi connectivity index (χ2n) is 4.80. The summed E-state index contributed by atoms with van der Waals surface area (Å²) in [4.78, 5) is 12.2. The normalized spacial score (nSPS) is 12.1. The zero-order chi connectivity index (χ0) is 14.6. The fourth-order valence-corrected chi connectivity index (χ4v) is 1.53. The Hall–Kier alpha value is -1.91. The van der Waals surface area contributed by atoms with Gasteiger partial charge in [-0.2, -0.15) is 0 Å². The van der Waals surface area contributed by atoms with E-state index in [9.17, 15) is 4.79 Å². The minimum Gasteiger partial charge on any atom is -0.497 e. The molecule has 1 amide bonds. The molecule has 0 aliphatic heterocycles. The maximum Gasteiger partial charge on any atom is 0.253 e. The van der Waals surface area contributed by atoms with Gasteiger partial charge in [0.1, 0.15) is 11.5 Å². The van der Waals surface area contributed by atoms with E-state index >= 15 is 0 Å². The molecule has 3 N–H and O–H groups in total. The number of ether oxygens (including phenoxy) is 2. The first-order valence-electron chi connectivity index (χ1n) is 6.23. The van der Waals surface area contributed by atoms with Gasteiger partial charge in [-0.25, -0.2) is 0 Å². The Balaban J connectivity index is 3.08. The molecule has 0 bridgehead atoms. The van der Waals surface area contributed by atoms with Crippen LogP contribution in [0.4, 0.5) is 5.69 Å². The van der Waals surface area contributed by atoms with Crippen molar-refractivity contribution in [3.8, 4) is 11.5 Å². The second kappa shape index (κ2) is 6.31. The van der Waals surface area contributed by atoms with Crippen molar-refractivity contribution < 1.29 is 14.3 Å². The molecule has 0 radical (unpaired) electrons. The molecule has 0 saturated heterocycles. The zero-order valence-electron chi connectivity index (χ0n) is 12.1. The number of rotatable bonds is 5. The topological polar surface area (TPSA) is 73.6 Å². The highest BCUT2D eigenvalue weighted by Crippen LogP contribution is 2.31. The van der Waals surface area contributed by atoms with Gasteiger partial charge in [0.15, 0.2) is 0 Å². The number of hydrogen-bond acceptors (Lipinski definition) is 4. The standard InChI is InChI=1S/C14H22N2O3/c1-8(2)9(3)16-14(17)11-6-10(18-4)7-12(19-5)13(11)15/h6-9H,15H2,1-5H3,(H,16,17). The number of methoxy groups -OCH3 is 2. The third kappa shape index (κ3) is 3.53. The maximum atomic E-state index is 12.2. The van der Waals surface area contributed by atoms with Crippen molar-refractivity contribution in [3.05, 3.63) is 17.7 Å². The highest BCUT2D eigenvalue weighted by molar-refractivity contribution is 6.01. The lowest BCUT2D eigenvalue weighted by Gasteiger charge is -2.19. The molecule has 19 heavy (non-hydrogen) atoms. The highest BCUT2D eigenvalue weighted by Gasteiger charge is 2.18. The summed E-state index contributed by atoms with van der Waals surface area (Å²) in [6, 6.07) is 3.32. The van der Waals surface area contributed by atoms with Crippen molar-refractivity contribution in [2.45, 2.75) is 26.8 Å². The molecule has 106 valence electrons. The summed E-state index contributed by atoms with van der Waals surface area (Å²) in [5.41, 5.74) is 6.61. The van der Waals surface area contributed by atoms with Gasteiger partial charge < -0.3 is 20.5 Å². The SMILES string of the molecule is COc1cc(OC)c(N)c(C(=O)NC(C)C(C)C)c1. The number of hydrogen-bond donors (Lipinski definition) is 2. The average Bonchev–Trinajstić information content (AvgIpc) is 2.38. The van der Waals surface area contributed by atoms with Crippen molar-refractivity contribution in [3.63, 3.8) is 0 Å². The predicted molar refractivity (Wildman–Crippen MR) is 75.7 cm³/mol. The number of carbonyl (C=O) groups is 1. The fourth-order valence-electron chi connectivity index (χ4n) is 1.53. The van der Waals surface area contributed by atoms with Crippen molar-refractivity contribution >= 4 is 11.6 Å². The summed E-state index contributed by atoms with van der Waals surface area (Å²) in [7, 11) is 3.03. The monoisotopic (exact) mass is 266 g/mol. The van der Waals surface area contributed by atoms with E-state index in [1.165, 1.54) is 14.2 Å². The molecule has 1 aromatic rings. The van der Waals surface area contributed by atoms with Crippen LogP contribution < -0.4 is 20.5 Å². The molecule has 5 heteroatoms. The first kappa shape index (κ1) is 15.1. The van der Waals surface area contributed by atoms with E-state index in [-0.39, 0.29) is 11.9 Å². The molecule has 0 aliphatic rings. The van der Waals surface area contributed by atoms with E-state index < -0.39 is 0 Å². The van der Waals surface area contributed by atoms with Gasteiger partial charge in [0, 0.05) is 12.1 Å². The van der Waals surface area contributed by atoms with Gasteiger partial charge in [-0.05, 0) is 18.9 Å². The van der Waals surface area contributed by atoms with Crippen LogP contribution in [0.1, 0.15) is 31.1 Å². The zero-order valence-corrected chi connectivity index (χ0v) is 12.1. The summed E-state index contributed by atoms with van der Waals surface area (Å²) in [6.45, 7) is 6.04. The Morgan fingerprint density at radius 2 is 1.84 bits per heavy atom. The van der Waals surface area contributed by atoms with Gasteiger partial charge in [0.25, 0.3) is 5.91 Å². The van der Waals surface area contributed by atoms with Gasteiger partial charge in [-0.3, -0.25) is 4.79 Å². The summed E-state index contributed by atoms with van der Waals surface area (Å²) in [5, 5.41) is 2.91. The molecule has 0 saturated carbocycles. The van der Waals surface area contributed by atoms with Crippen molar-refractivity contribution in [2.24, 2.45) is 5.92 Å². The van der Waals surface area contributed by atoms with E-state index in [1.807, 2.05) is 20.8 Å². The Morgan fingerprint density at radius 1 is 1.21 bits per heavy atom. The molecule has 5 nitrogen and oxygen atoms in total. The van der Waals surface area contributed by atoms with Crippen LogP contribution in [0.5, 0.6) is 11.5 Å². The van der Waals surface area contributed by atoms with E-state index in [1.54, 1.807) is 12.1 Å². The smallest absolute Gasteiger partial charge is 0.253 e. The first-order valence-corrected chi connectivity index (χ1v) is 6.23. The number of nitrogens with two attached hydrogens (primary N) is 1. The fraction of sp³-hybridized carbons (Fsp3) is 0.500. The minimum absolute atomic E-state index is 0.0593. The van der Waals surface area contributed by atoms with Crippen LogP contribution in [0.15, 0.2) is 12.1 Å². The molecule has 0 spiro atoms. The van der Waals surface area contributed by atoms with Crippen LogP contribution in [0.3, 0.4) is 0 Å². The number of carbonyl (C=O) groups excluding carboxylic acids is 1. The van der Waals surface area contributed by atoms with E-state index in [4.69, 9.17) is 15.2 Å². The molecule has 0 aromatic heterocycles. The molecular formula is C14H22N2O3. The second-order valence-corrected chi connectivity index (χ2v) is 4.80. The molecule has 0 aliphatic carbocycles. The van der Waals surface area contributed by atoms with Gasteiger partial charge >= 0.3 is 0 Å². The number of anilines is 1. The number of nitrogen functional groups attached to an aromatic ring is 1. The Morgan fingerprint density at radius 3 is 2.32 bits per heavy atom. The van der Waals surface area contributed by atoms with E-state index in [0.29, 0.717) is 28.7 Å². The first-order chi connectivity index (χ1) is 8.90. The third-order valence-corrected chi connectivity index (χ3v) is 3.17. The van der Waals surface area contributed by atoms with Crippen LogP contribution in [-0.4, -0.2) is 26.2 Å². The third-order valence-electron chi connectivity index (χ3n) is 3.17. The Bertz CT molecular complexity index is 458. The highest BCUT2D eigenvalue weighted by atomic mass is 16.5. The van der Waals surface area contributed by atoms with Gasteiger partial charge in [0.2, 0.25) is 0 Å². The summed E-state index contributed by atoms with van der Waals surface area (Å²) in [5.74, 6) is 1.09. The number of amides is 1. The molecule has 1 atom stereocenters. The Labute approximate surface area is 114 Å². The van der Waals surface area contributed by atoms with Crippen LogP contribution >= 0.6 is 0 Å². The molecule has 1 rings (SSSR count). The number of benzene rings is 1. The van der Waals surface area contributed by atoms with Crippen LogP contribution in [0.25, 0.3) is 0 Å². The minimum atomic E-state index is -0.226. The van der Waals surface area contributed by atoms with Crippen LogP contribution in [0.2, 0.25) is 0 Å². The Kier molecular flexibility index (Phi) is 5.03.